The van der Waals surface area contributed by atoms with Crippen LogP contribution in [0.25, 0.3) is 0 Å². The lowest BCUT2D eigenvalue weighted by molar-refractivity contribution is 0.168. The highest BCUT2D eigenvalue weighted by atomic mass is 35.7. The van der Waals surface area contributed by atoms with Gasteiger partial charge in [-0.2, -0.15) is 0 Å². The molecule has 0 unspecified atom stereocenters. The van der Waals surface area contributed by atoms with Gasteiger partial charge < -0.3 is 14.2 Å². The molecule has 1 heterocycles. The second-order valence-electron chi connectivity index (χ2n) is 3.58. The quantitative estimate of drug-likeness (QED) is 0.794. The van der Waals surface area contributed by atoms with Gasteiger partial charge in [0.2, 0.25) is 9.05 Å². The van der Waals surface area contributed by atoms with E-state index in [-0.39, 0.29) is 29.4 Å². The Morgan fingerprint density at radius 1 is 1.44 bits per heavy atom. The molecule has 0 spiro atoms. The topological polar surface area (TPSA) is 61.8 Å². The van der Waals surface area contributed by atoms with Crippen LogP contribution in [0.2, 0.25) is 0 Å². The van der Waals surface area contributed by atoms with Crippen LogP contribution in [-0.2, 0) is 14.8 Å². The number of methoxy groups -OCH3 is 1. The summed E-state index contributed by atoms with van der Waals surface area (Å²) in [5, 5.41) is 0. The summed E-state index contributed by atoms with van der Waals surface area (Å²) in [6.07, 6.45) is 0. The number of ether oxygens (including phenoxy) is 3. The van der Waals surface area contributed by atoms with E-state index in [1.165, 1.54) is 13.2 Å². The van der Waals surface area contributed by atoms with Crippen LogP contribution < -0.4 is 14.2 Å². The van der Waals surface area contributed by atoms with Gasteiger partial charge in [-0.1, -0.05) is 0 Å². The molecule has 1 aliphatic heterocycles. The van der Waals surface area contributed by atoms with Gasteiger partial charge in [0, 0.05) is 16.7 Å². The third kappa shape index (κ3) is 2.62. The lowest BCUT2D eigenvalue weighted by Gasteiger charge is -2.22. The highest BCUT2D eigenvalue weighted by molar-refractivity contribution is 8.13. The second-order valence-corrected chi connectivity index (χ2v) is 6.36. The summed E-state index contributed by atoms with van der Waals surface area (Å²) >= 11 is 0. The Kier molecular flexibility index (Phi) is 3.54. The maximum atomic E-state index is 14.0. The number of hydrogen-bond acceptors (Lipinski definition) is 5. The lowest BCUT2D eigenvalue weighted by atomic mass is 10.1. The van der Waals surface area contributed by atoms with Gasteiger partial charge in [-0.3, -0.25) is 0 Å². The van der Waals surface area contributed by atoms with E-state index in [0.29, 0.717) is 6.61 Å². The Morgan fingerprint density at radius 3 is 2.72 bits per heavy atom. The van der Waals surface area contributed by atoms with Crippen LogP contribution >= 0.6 is 10.7 Å². The predicted molar refractivity (Wildman–Crippen MR) is 62.4 cm³/mol. The maximum absolute atomic E-state index is 14.0. The maximum Gasteiger partial charge on any atom is 0.237 e. The number of hydrogen-bond donors (Lipinski definition) is 0. The van der Waals surface area contributed by atoms with Crippen molar-refractivity contribution in [3.8, 4) is 17.2 Å². The predicted octanol–water partition coefficient (Wildman–Crippen LogP) is 1.67. The van der Waals surface area contributed by atoms with Gasteiger partial charge in [-0.25, -0.2) is 12.8 Å². The van der Waals surface area contributed by atoms with Crippen molar-refractivity contribution in [3.05, 3.63) is 17.4 Å². The van der Waals surface area contributed by atoms with Crippen molar-refractivity contribution < 1.29 is 27.0 Å². The minimum Gasteiger partial charge on any atom is -0.494 e. The molecular formula is C10H10ClFO5S. The molecule has 8 heteroatoms. The summed E-state index contributed by atoms with van der Waals surface area (Å²) < 4.78 is 51.5. The molecule has 0 atom stereocenters. The summed E-state index contributed by atoms with van der Waals surface area (Å²) in [4.78, 5) is 0. The number of fused-ring (bicyclic) bond motifs is 1. The second kappa shape index (κ2) is 4.81. The normalized spacial score (nSPS) is 14.4. The third-order valence-electron chi connectivity index (χ3n) is 2.37. The SMILES string of the molecule is COc1cc2c(c(CS(=O)(=O)Cl)c1F)OCCO2. The van der Waals surface area contributed by atoms with E-state index in [2.05, 4.69) is 0 Å². The average molecular weight is 297 g/mol. The number of halogens is 2. The van der Waals surface area contributed by atoms with Crippen LogP contribution in [-0.4, -0.2) is 28.7 Å². The van der Waals surface area contributed by atoms with Crippen LogP contribution in [0.5, 0.6) is 17.2 Å². The smallest absolute Gasteiger partial charge is 0.237 e. The average Bonchev–Trinajstić information content (AvgIpc) is 2.31. The molecule has 1 aliphatic rings. The van der Waals surface area contributed by atoms with E-state index in [4.69, 9.17) is 24.9 Å². The fourth-order valence-corrected chi connectivity index (χ4v) is 2.59. The monoisotopic (exact) mass is 296 g/mol. The standard InChI is InChI=1S/C10H10ClFO5S/c1-15-7-4-8-10(17-3-2-16-8)6(9(7)12)5-18(11,13)14/h4H,2-3,5H2,1H3. The van der Waals surface area contributed by atoms with Crippen LogP contribution in [0.15, 0.2) is 6.07 Å². The minimum atomic E-state index is -3.92. The summed E-state index contributed by atoms with van der Waals surface area (Å²) in [7, 11) is 2.50. The molecule has 5 nitrogen and oxygen atoms in total. The molecule has 2 rings (SSSR count). The largest absolute Gasteiger partial charge is 0.494 e. The zero-order valence-electron chi connectivity index (χ0n) is 9.40. The van der Waals surface area contributed by atoms with Crippen LogP contribution in [0.4, 0.5) is 4.39 Å². The van der Waals surface area contributed by atoms with Gasteiger partial charge >= 0.3 is 0 Å². The summed E-state index contributed by atoms with van der Waals surface area (Å²) in [5.74, 6) is -1.32. The zero-order chi connectivity index (χ0) is 13.3. The van der Waals surface area contributed by atoms with Gasteiger partial charge in [-0.15, -0.1) is 0 Å². The molecule has 0 bridgehead atoms. The van der Waals surface area contributed by atoms with Gasteiger partial charge in [-0.05, 0) is 0 Å². The fourth-order valence-electron chi connectivity index (χ4n) is 1.66. The van der Waals surface area contributed by atoms with E-state index >= 15 is 0 Å². The van der Waals surface area contributed by atoms with E-state index in [9.17, 15) is 12.8 Å². The van der Waals surface area contributed by atoms with Crippen molar-refractivity contribution in [1.82, 2.24) is 0 Å². The number of benzene rings is 1. The van der Waals surface area contributed by atoms with Crippen molar-refractivity contribution >= 4 is 19.7 Å². The molecule has 0 fully saturated rings. The molecule has 0 saturated carbocycles. The van der Waals surface area contributed by atoms with E-state index in [1.807, 2.05) is 0 Å². The van der Waals surface area contributed by atoms with Gasteiger partial charge in [0.25, 0.3) is 0 Å². The van der Waals surface area contributed by atoms with E-state index in [0.717, 1.165) is 0 Å². The van der Waals surface area contributed by atoms with Gasteiger partial charge in [0.15, 0.2) is 23.1 Å². The molecule has 18 heavy (non-hydrogen) atoms. The lowest BCUT2D eigenvalue weighted by Crippen LogP contribution is -2.18. The van der Waals surface area contributed by atoms with Crippen molar-refractivity contribution in [1.29, 1.82) is 0 Å². The molecule has 1 aromatic carbocycles. The summed E-state index contributed by atoms with van der Waals surface area (Å²) in [5.41, 5.74) is -0.181. The van der Waals surface area contributed by atoms with E-state index < -0.39 is 20.6 Å². The first-order valence-corrected chi connectivity index (χ1v) is 7.47. The number of rotatable bonds is 3. The first-order chi connectivity index (χ1) is 8.42. The van der Waals surface area contributed by atoms with E-state index in [1.54, 1.807) is 0 Å². The highest BCUT2D eigenvalue weighted by Crippen LogP contribution is 2.41. The van der Waals surface area contributed by atoms with Crippen molar-refractivity contribution in [2.45, 2.75) is 5.75 Å². The molecule has 1 aromatic rings. The molecule has 0 aliphatic carbocycles. The minimum absolute atomic E-state index is 0.0591. The summed E-state index contributed by atoms with van der Waals surface area (Å²) in [6.45, 7) is 0.517. The Morgan fingerprint density at radius 2 is 2.11 bits per heavy atom. The molecule has 0 aromatic heterocycles. The molecule has 0 amide bonds. The first-order valence-electron chi connectivity index (χ1n) is 4.99. The summed E-state index contributed by atoms with van der Waals surface area (Å²) in [6, 6.07) is 1.31. The molecule has 0 radical (unpaired) electrons. The van der Waals surface area contributed by atoms with Crippen LogP contribution in [0.1, 0.15) is 5.56 Å². The molecule has 0 saturated heterocycles. The van der Waals surface area contributed by atoms with Crippen LogP contribution in [0.3, 0.4) is 0 Å². The highest BCUT2D eigenvalue weighted by Gasteiger charge is 2.26. The molecule has 0 N–H and O–H groups in total. The third-order valence-corrected chi connectivity index (χ3v) is 3.33. The molecule has 100 valence electrons. The Bertz CT molecular complexity index is 572. The first kappa shape index (κ1) is 13.2. The fraction of sp³-hybridized carbons (Fsp3) is 0.400. The van der Waals surface area contributed by atoms with Gasteiger partial charge in [0.05, 0.1) is 18.4 Å². The zero-order valence-corrected chi connectivity index (χ0v) is 11.0. The Balaban J connectivity index is 2.60. The van der Waals surface area contributed by atoms with Crippen LogP contribution in [0, 0.1) is 5.82 Å². The Labute approximate surface area is 108 Å². The Hall–Kier alpha value is -1.21. The van der Waals surface area contributed by atoms with Gasteiger partial charge in [0.1, 0.15) is 13.2 Å². The van der Waals surface area contributed by atoms with Crippen molar-refractivity contribution in [2.24, 2.45) is 0 Å². The molecular weight excluding hydrogens is 287 g/mol. The van der Waals surface area contributed by atoms with Crippen molar-refractivity contribution in [3.63, 3.8) is 0 Å². The van der Waals surface area contributed by atoms with Crippen molar-refractivity contribution in [2.75, 3.05) is 20.3 Å².